The largest absolute Gasteiger partial charge is 0.501 e. The van der Waals surface area contributed by atoms with E-state index in [2.05, 4.69) is 31.8 Å². The quantitative estimate of drug-likeness (QED) is 0.191. The summed E-state index contributed by atoms with van der Waals surface area (Å²) in [5.74, 6) is -1.62. The summed E-state index contributed by atoms with van der Waals surface area (Å²) in [6.45, 7) is 2.68. The van der Waals surface area contributed by atoms with Gasteiger partial charge >= 0.3 is 0 Å². The molecule has 0 radical (unpaired) electrons. The second-order valence-electron chi connectivity index (χ2n) is 6.45. The third-order valence-electron chi connectivity index (χ3n) is 4.11. The lowest BCUT2D eigenvalue weighted by Gasteiger charge is -2.02. The molecule has 172 valence electrons. The maximum Gasteiger partial charge on any atom is 0.223 e. The highest BCUT2D eigenvalue weighted by Gasteiger charge is 2.14. The summed E-state index contributed by atoms with van der Waals surface area (Å²) >= 11 is 11.1. The summed E-state index contributed by atoms with van der Waals surface area (Å²) < 4.78 is 46.4. The molecule has 0 fully saturated rings. The number of nitrogens with zero attached hydrogens (tertiary/aromatic N) is 6. The molecule has 0 bridgehead atoms. The SMILES string of the molecule is CCCCO/C=C/c1nc(Cl)ncc1F.Fc1ccc2ncc(-c3nc(Cl)ncc3F)n2c1. The Labute approximate surface area is 196 Å². The van der Waals surface area contributed by atoms with Crippen LogP contribution < -0.4 is 0 Å². The maximum atomic E-state index is 13.6. The van der Waals surface area contributed by atoms with E-state index in [0.717, 1.165) is 25.2 Å². The van der Waals surface area contributed by atoms with Gasteiger partial charge in [-0.2, -0.15) is 0 Å². The summed E-state index contributed by atoms with van der Waals surface area (Å²) in [6, 6.07) is 2.76. The van der Waals surface area contributed by atoms with E-state index in [1.165, 1.54) is 41.3 Å². The van der Waals surface area contributed by atoms with E-state index < -0.39 is 17.5 Å². The number of unbranched alkanes of at least 4 members (excludes halogenated alkanes) is 1. The second-order valence-corrected chi connectivity index (χ2v) is 7.13. The van der Waals surface area contributed by atoms with Crippen molar-refractivity contribution >= 4 is 34.9 Å². The number of halogens is 5. The molecule has 33 heavy (non-hydrogen) atoms. The Morgan fingerprint density at radius 3 is 2.45 bits per heavy atom. The van der Waals surface area contributed by atoms with E-state index in [4.69, 9.17) is 27.9 Å². The van der Waals surface area contributed by atoms with Crippen molar-refractivity contribution in [2.75, 3.05) is 6.61 Å². The van der Waals surface area contributed by atoms with Crippen LogP contribution in [0.1, 0.15) is 25.5 Å². The number of ether oxygens (including phenoxy) is 1. The van der Waals surface area contributed by atoms with Crippen molar-refractivity contribution < 1.29 is 17.9 Å². The van der Waals surface area contributed by atoms with E-state index in [0.29, 0.717) is 17.9 Å². The fourth-order valence-electron chi connectivity index (χ4n) is 2.54. The van der Waals surface area contributed by atoms with Crippen LogP contribution in [0.5, 0.6) is 0 Å². The zero-order valence-corrected chi connectivity index (χ0v) is 18.7. The third-order valence-corrected chi connectivity index (χ3v) is 4.47. The summed E-state index contributed by atoms with van der Waals surface area (Å²) in [6.07, 6.45) is 9.46. The summed E-state index contributed by atoms with van der Waals surface area (Å²) in [4.78, 5) is 18.6. The van der Waals surface area contributed by atoms with E-state index in [-0.39, 0.29) is 22.0 Å². The number of aromatic nitrogens is 6. The molecule has 0 amide bonds. The lowest BCUT2D eigenvalue weighted by Crippen LogP contribution is -1.96. The molecule has 4 aromatic heterocycles. The van der Waals surface area contributed by atoms with Gasteiger partial charge in [0, 0.05) is 12.3 Å². The van der Waals surface area contributed by atoms with Crippen molar-refractivity contribution in [2.24, 2.45) is 0 Å². The number of fused-ring (bicyclic) bond motifs is 1. The number of hydrogen-bond donors (Lipinski definition) is 0. The first kappa shape index (κ1) is 24.4. The molecule has 0 saturated carbocycles. The Hall–Kier alpha value is -3.24. The van der Waals surface area contributed by atoms with Crippen molar-refractivity contribution in [2.45, 2.75) is 19.8 Å². The Morgan fingerprint density at radius 2 is 1.70 bits per heavy atom. The van der Waals surface area contributed by atoms with Gasteiger partial charge in [0.05, 0.1) is 37.2 Å². The molecule has 0 saturated heterocycles. The lowest BCUT2D eigenvalue weighted by molar-refractivity contribution is 0.246. The monoisotopic (exact) mass is 496 g/mol. The Bertz CT molecular complexity index is 1270. The Kier molecular flexibility index (Phi) is 8.56. The van der Waals surface area contributed by atoms with Crippen LogP contribution in [0.2, 0.25) is 10.6 Å². The highest BCUT2D eigenvalue weighted by atomic mass is 35.5. The molecule has 0 atom stereocenters. The first-order valence-electron chi connectivity index (χ1n) is 9.66. The van der Waals surface area contributed by atoms with Crippen LogP contribution in [0.3, 0.4) is 0 Å². The van der Waals surface area contributed by atoms with Crippen LogP contribution in [0.4, 0.5) is 13.2 Å². The fourth-order valence-corrected chi connectivity index (χ4v) is 2.81. The zero-order chi connectivity index (χ0) is 23.8. The van der Waals surface area contributed by atoms with Crippen LogP contribution >= 0.6 is 23.2 Å². The standard InChI is InChI=1S/C11H5ClF2N4.C10H12ClFN2O/c12-11-16-3-7(14)10(17-11)8-4-15-9-2-1-6(13)5-18(8)9;1-2-3-5-15-6-4-9-8(12)7-13-10(11)14-9/h1-5H;4,6-7H,2-3,5H2,1H3/b;6-4+. The number of pyridine rings is 1. The van der Waals surface area contributed by atoms with E-state index >= 15 is 0 Å². The minimum Gasteiger partial charge on any atom is -0.501 e. The van der Waals surface area contributed by atoms with Crippen LogP contribution in [-0.2, 0) is 4.74 Å². The first-order valence-corrected chi connectivity index (χ1v) is 10.4. The minimum absolute atomic E-state index is 0.0182. The number of hydrogen-bond acceptors (Lipinski definition) is 6. The molecule has 0 aliphatic carbocycles. The van der Waals surface area contributed by atoms with Crippen molar-refractivity contribution in [3.8, 4) is 11.4 Å². The highest BCUT2D eigenvalue weighted by molar-refractivity contribution is 6.28. The molecular weight excluding hydrogens is 480 g/mol. The van der Waals surface area contributed by atoms with Crippen LogP contribution in [-0.4, -0.2) is 35.9 Å². The average Bonchev–Trinajstić information content (AvgIpc) is 3.21. The molecule has 0 aromatic carbocycles. The van der Waals surface area contributed by atoms with Gasteiger partial charge in [0.25, 0.3) is 0 Å². The molecule has 4 rings (SSSR count). The van der Waals surface area contributed by atoms with E-state index in [1.54, 1.807) is 0 Å². The molecule has 4 heterocycles. The Balaban J connectivity index is 0.000000190. The number of imidazole rings is 1. The van der Waals surface area contributed by atoms with Crippen LogP contribution in [0.15, 0.2) is 43.2 Å². The van der Waals surface area contributed by atoms with Crippen molar-refractivity contribution in [3.63, 3.8) is 0 Å². The van der Waals surface area contributed by atoms with Gasteiger partial charge in [-0.3, -0.25) is 4.40 Å². The van der Waals surface area contributed by atoms with E-state index in [9.17, 15) is 13.2 Å². The van der Waals surface area contributed by atoms with Gasteiger partial charge in [-0.05, 0) is 41.8 Å². The fraction of sp³-hybridized carbons (Fsp3) is 0.190. The summed E-state index contributed by atoms with van der Waals surface area (Å²) in [7, 11) is 0. The number of rotatable bonds is 6. The zero-order valence-electron chi connectivity index (χ0n) is 17.2. The maximum absolute atomic E-state index is 13.6. The van der Waals surface area contributed by atoms with E-state index in [1.807, 2.05) is 0 Å². The first-order chi connectivity index (χ1) is 15.9. The molecule has 0 N–H and O–H groups in total. The molecule has 0 aliphatic rings. The lowest BCUT2D eigenvalue weighted by atomic mass is 10.3. The third kappa shape index (κ3) is 6.62. The van der Waals surface area contributed by atoms with Gasteiger partial charge in [-0.25, -0.2) is 38.1 Å². The van der Waals surface area contributed by atoms with Gasteiger partial charge in [-0.1, -0.05) is 13.3 Å². The molecule has 7 nitrogen and oxygen atoms in total. The van der Waals surface area contributed by atoms with Crippen LogP contribution in [0, 0.1) is 17.5 Å². The highest BCUT2D eigenvalue weighted by Crippen LogP contribution is 2.22. The average molecular weight is 497 g/mol. The second kappa shape index (κ2) is 11.6. The molecule has 12 heteroatoms. The summed E-state index contributed by atoms with van der Waals surface area (Å²) in [5.41, 5.74) is 0.909. The molecule has 0 unspecified atom stereocenters. The summed E-state index contributed by atoms with van der Waals surface area (Å²) in [5, 5.41) is -0.0673. The molecule has 4 aromatic rings. The van der Waals surface area contributed by atoms with Crippen molar-refractivity contribution in [3.05, 3.63) is 76.9 Å². The molecular formula is C21H17Cl2F3N6O. The van der Waals surface area contributed by atoms with Crippen molar-refractivity contribution in [1.29, 1.82) is 0 Å². The Morgan fingerprint density at radius 1 is 0.970 bits per heavy atom. The van der Waals surface area contributed by atoms with Crippen LogP contribution in [0.25, 0.3) is 23.1 Å². The van der Waals surface area contributed by atoms with Crippen molar-refractivity contribution in [1.82, 2.24) is 29.3 Å². The predicted molar refractivity (Wildman–Crippen MR) is 118 cm³/mol. The predicted octanol–water partition coefficient (Wildman–Crippen LogP) is 5.78. The molecule has 0 spiro atoms. The smallest absolute Gasteiger partial charge is 0.223 e. The van der Waals surface area contributed by atoms with Gasteiger partial charge in [0.1, 0.15) is 22.9 Å². The topological polar surface area (TPSA) is 78.1 Å². The minimum atomic E-state index is -0.648. The molecule has 0 aliphatic heterocycles. The normalized spacial score (nSPS) is 11.0. The van der Waals surface area contributed by atoms with Gasteiger partial charge in [-0.15, -0.1) is 0 Å². The van der Waals surface area contributed by atoms with Gasteiger partial charge in [0.2, 0.25) is 10.6 Å². The van der Waals surface area contributed by atoms with Gasteiger partial charge in [0.15, 0.2) is 11.6 Å². The van der Waals surface area contributed by atoms with Gasteiger partial charge < -0.3 is 4.74 Å².